The van der Waals surface area contributed by atoms with E-state index in [1.165, 1.54) is 18.5 Å². The average molecular weight is 386 g/mol. The average Bonchev–Trinajstić information content (AvgIpc) is 2.92. The third-order valence-corrected chi connectivity index (χ3v) is 5.04. The van der Waals surface area contributed by atoms with Crippen molar-refractivity contribution in [1.29, 1.82) is 0 Å². The van der Waals surface area contributed by atoms with Crippen LogP contribution < -0.4 is 0 Å². The molecule has 25 heavy (non-hydrogen) atoms. The lowest BCUT2D eigenvalue weighted by Gasteiger charge is -2.34. The predicted octanol–water partition coefficient (Wildman–Crippen LogP) is 4.95. The Morgan fingerprint density at radius 3 is 2.60 bits per heavy atom. The van der Waals surface area contributed by atoms with Gasteiger partial charge in [-0.3, -0.25) is 9.78 Å². The highest BCUT2D eigenvalue weighted by atomic mass is 35.5. The molecule has 7 heteroatoms. The van der Waals surface area contributed by atoms with Crippen LogP contribution in [0.3, 0.4) is 0 Å². The number of aliphatic hydroxyl groups excluding tert-OH is 1. The van der Waals surface area contributed by atoms with Crippen LogP contribution in [0, 0.1) is 21.9 Å². The molecule has 0 aliphatic heterocycles. The summed E-state index contributed by atoms with van der Waals surface area (Å²) in [5.74, 6) is -0.138. The van der Waals surface area contributed by atoms with Gasteiger partial charge in [0.2, 0.25) is 4.77 Å². The molecule has 4 nitrogen and oxygen atoms in total. The van der Waals surface area contributed by atoms with Gasteiger partial charge in [0.25, 0.3) is 0 Å². The SMILES string of the molecule is CC(Cc1ccc(F)cc1Cl)CC(C(O)C(C)(C)C)n1[nH]cnc1=S. The molecule has 0 radical (unpaired) electrons. The van der Waals surface area contributed by atoms with E-state index in [1.807, 2.05) is 20.8 Å². The first-order valence-corrected chi connectivity index (χ1v) is 9.12. The molecule has 0 saturated carbocycles. The Hall–Kier alpha value is -1.24. The van der Waals surface area contributed by atoms with Gasteiger partial charge in [0.15, 0.2) is 0 Å². The van der Waals surface area contributed by atoms with Crippen molar-refractivity contribution in [3.05, 3.63) is 45.7 Å². The summed E-state index contributed by atoms with van der Waals surface area (Å²) in [4.78, 5) is 4.07. The summed E-state index contributed by atoms with van der Waals surface area (Å²) >= 11 is 11.4. The van der Waals surface area contributed by atoms with Gasteiger partial charge in [-0.1, -0.05) is 45.4 Å². The normalized spacial score (nSPS) is 15.8. The fraction of sp³-hybridized carbons (Fsp3) is 0.556. The summed E-state index contributed by atoms with van der Waals surface area (Å²) in [5, 5.41) is 14.3. The van der Waals surface area contributed by atoms with Crippen LogP contribution in [0.4, 0.5) is 4.39 Å². The number of hydrogen-bond acceptors (Lipinski definition) is 3. The van der Waals surface area contributed by atoms with Crippen molar-refractivity contribution in [2.45, 2.75) is 52.7 Å². The highest BCUT2D eigenvalue weighted by Gasteiger charge is 2.33. The Bertz CT molecular complexity index is 768. The van der Waals surface area contributed by atoms with Crippen molar-refractivity contribution < 1.29 is 9.50 Å². The molecule has 2 aromatic rings. The highest BCUT2D eigenvalue weighted by Crippen LogP contribution is 2.33. The van der Waals surface area contributed by atoms with E-state index in [9.17, 15) is 9.50 Å². The van der Waals surface area contributed by atoms with Crippen LogP contribution in [0.25, 0.3) is 0 Å². The van der Waals surface area contributed by atoms with E-state index in [-0.39, 0.29) is 23.2 Å². The van der Waals surface area contributed by atoms with Gasteiger partial charge in [0, 0.05) is 5.02 Å². The molecule has 0 bridgehead atoms. The number of aliphatic hydroxyl groups is 1. The van der Waals surface area contributed by atoms with E-state index in [4.69, 9.17) is 23.8 Å². The van der Waals surface area contributed by atoms with Crippen molar-refractivity contribution >= 4 is 23.8 Å². The van der Waals surface area contributed by atoms with E-state index in [1.54, 1.807) is 10.7 Å². The lowest BCUT2D eigenvalue weighted by molar-refractivity contribution is 0.00389. The molecular weight excluding hydrogens is 361 g/mol. The van der Waals surface area contributed by atoms with Crippen LogP contribution in [-0.4, -0.2) is 26.0 Å². The van der Waals surface area contributed by atoms with Gasteiger partial charge in [0.1, 0.15) is 12.1 Å². The van der Waals surface area contributed by atoms with Crippen molar-refractivity contribution in [3.8, 4) is 0 Å². The largest absolute Gasteiger partial charge is 0.390 e. The molecule has 0 aliphatic rings. The Morgan fingerprint density at radius 2 is 2.08 bits per heavy atom. The van der Waals surface area contributed by atoms with Gasteiger partial charge < -0.3 is 5.11 Å². The summed E-state index contributed by atoms with van der Waals surface area (Å²) in [6.45, 7) is 8.06. The van der Waals surface area contributed by atoms with Crippen LogP contribution in [0.1, 0.15) is 45.7 Å². The highest BCUT2D eigenvalue weighted by molar-refractivity contribution is 7.71. The molecule has 1 aromatic carbocycles. The fourth-order valence-corrected chi connectivity index (χ4v) is 3.50. The predicted molar refractivity (Wildman–Crippen MR) is 101 cm³/mol. The molecule has 0 amide bonds. The van der Waals surface area contributed by atoms with E-state index < -0.39 is 6.10 Å². The Kier molecular flexibility index (Phi) is 6.40. The topological polar surface area (TPSA) is 53.8 Å². The minimum Gasteiger partial charge on any atom is -0.390 e. The molecule has 3 unspecified atom stereocenters. The maximum Gasteiger partial charge on any atom is 0.216 e. The first-order chi connectivity index (χ1) is 11.6. The Morgan fingerprint density at radius 1 is 1.40 bits per heavy atom. The minimum absolute atomic E-state index is 0.204. The zero-order chi connectivity index (χ0) is 18.8. The molecule has 3 atom stereocenters. The second-order valence-corrected chi connectivity index (χ2v) is 8.47. The van der Waals surface area contributed by atoms with E-state index in [2.05, 4.69) is 17.0 Å². The molecule has 0 spiro atoms. The van der Waals surface area contributed by atoms with Crippen LogP contribution in [-0.2, 0) is 6.42 Å². The minimum atomic E-state index is -0.606. The molecule has 0 fully saturated rings. The van der Waals surface area contributed by atoms with Gasteiger partial charge in [-0.25, -0.2) is 9.37 Å². The number of nitrogens with zero attached hydrogens (tertiary/aromatic N) is 2. The maximum atomic E-state index is 13.2. The van der Waals surface area contributed by atoms with Crippen molar-refractivity contribution in [2.24, 2.45) is 11.3 Å². The molecular formula is C18H25ClFN3OS. The number of benzene rings is 1. The summed E-state index contributed by atoms with van der Waals surface area (Å²) in [6, 6.07) is 4.23. The van der Waals surface area contributed by atoms with Crippen LogP contribution in [0.15, 0.2) is 24.5 Å². The van der Waals surface area contributed by atoms with Crippen LogP contribution in [0.2, 0.25) is 5.02 Å². The third-order valence-electron chi connectivity index (χ3n) is 4.39. The number of aromatic nitrogens is 3. The van der Waals surface area contributed by atoms with Crippen LogP contribution in [0.5, 0.6) is 0 Å². The van der Waals surface area contributed by atoms with Gasteiger partial charge in [0.05, 0.1) is 12.1 Å². The number of halogens is 2. The summed E-state index contributed by atoms with van der Waals surface area (Å²) in [5.41, 5.74) is 0.588. The van der Waals surface area contributed by atoms with Gasteiger partial charge in [-0.2, -0.15) is 0 Å². The standard InChI is InChI=1S/C18H25ClFN3OS/c1-11(7-12-5-6-13(20)9-14(12)19)8-15(16(24)18(2,3)4)23-17(25)21-10-22-23/h5-6,9-11,15-16,24H,7-8H2,1-4H3,(H,21,22,25). The second kappa shape index (κ2) is 7.98. The zero-order valence-corrected chi connectivity index (χ0v) is 16.5. The monoisotopic (exact) mass is 385 g/mol. The summed E-state index contributed by atoms with van der Waals surface area (Å²) in [7, 11) is 0. The first-order valence-electron chi connectivity index (χ1n) is 8.33. The maximum absolute atomic E-state index is 13.2. The number of H-pyrrole nitrogens is 1. The lowest BCUT2D eigenvalue weighted by atomic mass is 9.81. The molecule has 0 aliphatic carbocycles. The third kappa shape index (κ3) is 5.12. The molecule has 138 valence electrons. The zero-order valence-electron chi connectivity index (χ0n) is 15.0. The smallest absolute Gasteiger partial charge is 0.216 e. The molecule has 2 N–H and O–H groups in total. The second-order valence-electron chi connectivity index (χ2n) is 7.70. The van der Waals surface area contributed by atoms with E-state index >= 15 is 0 Å². The number of hydrogen-bond donors (Lipinski definition) is 2. The number of aromatic amines is 1. The van der Waals surface area contributed by atoms with Gasteiger partial charge in [-0.05, 0) is 54.1 Å². The van der Waals surface area contributed by atoms with Crippen molar-refractivity contribution in [3.63, 3.8) is 0 Å². The van der Waals surface area contributed by atoms with Crippen LogP contribution >= 0.6 is 23.8 Å². The van der Waals surface area contributed by atoms with Gasteiger partial charge in [-0.15, -0.1) is 0 Å². The fourth-order valence-electron chi connectivity index (χ4n) is 3.01. The summed E-state index contributed by atoms with van der Waals surface area (Å²) < 4.78 is 15.4. The Balaban J connectivity index is 2.21. The number of nitrogens with one attached hydrogen (secondary N) is 1. The quantitative estimate of drug-likeness (QED) is 0.691. The van der Waals surface area contributed by atoms with Gasteiger partial charge >= 0.3 is 0 Å². The van der Waals surface area contributed by atoms with Crippen molar-refractivity contribution in [2.75, 3.05) is 0 Å². The lowest BCUT2D eigenvalue weighted by Crippen LogP contribution is -2.37. The molecule has 0 saturated heterocycles. The molecule has 2 rings (SSSR count). The summed E-state index contributed by atoms with van der Waals surface area (Å²) in [6.07, 6.45) is 2.30. The first kappa shape index (κ1) is 20.1. The van der Waals surface area contributed by atoms with Crippen molar-refractivity contribution in [1.82, 2.24) is 14.8 Å². The Labute approximate surface area is 158 Å². The molecule has 1 heterocycles. The molecule has 1 aromatic heterocycles. The van der Waals surface area contributed by atoms with E-state index in [0.29, 0.717) is 22.6 Å². The van der Waals surface area contributed by atoms with E-state index in [0.717, 1.165) is 5.56 Å². The number of rotatable bonds is 6.